The molecule has 2 aromatic heterocycles. The van der Waals surface area contributed by atoms with Crippen LogP contribution >= 0.6 is 22.9 Å². The average Bonchev–Trinajstić information content (AvgIpc) is 2.89. The minimum absolute atomic E-state index is 0.141. The van der Waals surface area contributed by atoms with E-state index in [2.05, 4.69) is 20.3 Å². The SMILES string of the molecule is CC(C)c1ncc(Cl)c(C(=O)NCc2cscn2)n1. The van der Waals surface area contributed by atoms with Crippen LogP contribution in [0.5, 0.6) is 0 Å². The molecule has 1 amide bonds. The second-order valence-corrected chi connectivity index (χ2v) is 5.37. The molecule has 0 saturated heterocycles. The minimum Gasteiger partial charge on any atom is -0.345 e. The van der Waals surface area contributed by atoms with E-state index in [1.54, 1.807) is 5.51 Å². The molecule has 0 aromatic carbocycles. The number of thiazole rings is 1. The van der Waals surface area contributed by atoms with Gasteiger partial charge in [0.2, 0.25) is 0 Å². The molecule has 0 aliphatic carbocycles. The van der Waals surface area contributed by atoms with Crippen molar-refractivity contribution >= 4 is 28.8 Å². The van der Waals surface area contributed by atoms with Crippen molar-refractivity contribution in [2.45, 2.75) is 26.3 Å². The van der Waals surface area contributed by atoms with E-state index in [1.165, 1.54) is 17.5 Å². The molecule has 5 nitrogen and oxygen atoms in total. The lowest BCUT2D eigenvalue weighted by molar-refractivity contribution is 0.0945. The van der Waals surface area contributed by atoms with Gasteiger partial charge in [-0.1, -0.05) is 25.4 Å². The quantitative estimate of drug-likeness (QED) is 0.942. The Morgan fingerprint density at radius 1 is 1.47 bits per heavy atom. The summed E-state index contributed by atoms with van der Waals surface area (Å²) in [5.74, 6) is 0.424. The number of rotatable bonds is 4. The molecule has 7 heteroatoms. The van der Waals surface area contributed by atoms with Crippen LogP contribution in [0.25, 0.3) is 0 Å². The third kappa shape index (κ3) is 3.48. The zero-order valence-electron chi connectivity index (χ0n) is 10.6. The third-order valence-electron chi connectivity index (χ3n) is 2.41. The van der Waals surface area contributed by atoms with Crippen molar-refractivity contribution in [2.24, 2.45) is 0 Å². The van der Waals surface area contributed by atoms with Gasteiger partial charge in [0.05, 0.1) is 29.0 Å². The highest BCUT2D eigenvalue weighted by atomic mass is 35.5. The van der Waals surface area contributed by atoms with Gasteiger partial charge in [-0.25, -0.2) is 15.0 Å². The Morgan fingerprint density at radius 2 is 2.26 bits per heavy atom. The lowest BCUT2D eigenvalue weighted by atomic mass is 10.2. The minimum atomic E-state index is -0.317. The first-order valence-electron chi connectivity index (χ1n) is 5.75. The zero-order valence-corrected chi connectivity index (χ0v) is 12.1. The van der Waals surface area contributed by atoms with Gasteiger partial charge in [0.1, 0.15) is 11.5 Å². The molecule has 2 rings (SSSR count). The summed E-state index contributed by atoms with van der Waals surface area (Å²) in [5.41, 5.74) is 2.74. The fourth-order valence-corrected chi connectivity index (χ4v) is 2.13. The predicted molar refractivity (Wildman–Crippen MR) is 74.4 cm³/mol. The van der Waals surface area contributed by atoms with Gasteiger partial charge in [0.15, 0.2) is 0 Å². The number of amides is 1. The summed E-state index contributed by atoms with van der Waals surface area (Å²) < 4.78 is 0. The highest BCUT2D eigenvalue weighted by Gasteiger charge is 2.15. The first kappa shape index (κ1) is 13.9. The Kier molecular flexibility index (Phi) is 4.44. The van der Waals surface area contributed by atoms with Crippen LogP contribution in [0.15, 0.2) is 17.1 Å². The first-order chi connectivity index (χ1) is 9.08. The monoisotopic (exact) mass is 296 g/mol. The molecule has 0 unspecified atom stereocenters. The molecular formula is C12H13ClN4OS. The molecule has 0 aliphatic rings. The molecular weight excluding hydrogens is 284 g/mol. The number of carbonyl (C=O) groups is 1. The van der Waals surface area contributed by atoms with Crippen LogP contribution in [0.4, 0.5) is 0 Å². The molecule has 0 bridgehead atoms. The number of nitrogens with one attached hydrogen (secondary N) is 1. The van der Waals surface area contributed by atoms with E-state index in [0.29, 0.717) is 12.4 Å². The van der Waals surface area contributed by atoms with Crippen LogP contribution in [-0.4, -0.2) is 20.9 Å². The number of hydrogen-bond acceptors (Lipinski definition) is 5. The van der Waals surface area contributed by atoms with Crippen LogP contribution in [0.1, 0.15) is 41.8 Å². The van der Waals surface area contributed by atoms with Gasteiger partial charge >= 0.3 is 0 Å². The van der Waals surface area contributed by atoms with Crippen LogP contribution in [0.2, 0.25) is 5.02 Å². The first-order valence-corrected chi connectivity index (χ1v) is 7.07. The second kappa shape index (κ2) is 6.08. The molecule has 2 heterocycles. The summed E-state index contributed by atoms with van der Waals surface area (Å²) in [4.78, 5) is 24.4. The van der Waals surface area contributed by atoms with Crippen molar-refractivity contribution in [3.8, 4) is 0 Å². The molecule has 0 fully saturated rings. The lowest BCUT2D eigenvalue weighted by Crippen LogP contribution is -2.25. The topological polar surface area (TPSA) is 67.8 Å². The van der Waals surface area contributed by atoms with Crippen LogP contribution in [-0.2, 0) is 6.54 Å². The summed E-state index contributed by atoms with van der Waals surface area (Å²) in [6, 6.07) is 0. The highest BCUT2D eigenvalue weighted by Crippen LogP contribution is 2.16. The number of halogens is 1. The Morgan fingerprint density at radius 3 is 2.89 bits per heavy atom. The van der Waals surface area contributed by atoms with E-state index in [-0.39, 0.29) is 22.5 Å². The zero-order chi connectivity index (χ0) is 13.8. The molecule has 0 aliphatic heterocycles. The number of nitrogens with zero attached hydrogens (tertiary/aromatic N) is 3. The summed E-state index contributed by atoms with van der Waals surface area (Å²) in [5, 5.41) is 4.87. The predicted octanol–water partition coefficient (Wildman–Crippen LogP) is 2.64. The number of aromatic nitrogens is 3. The normalized spacial score (nSPS) is 10.7. The van der Waals surface area contributed by atoms with Gasteiger partial charge < -0.3 is 5.32 Å². The van der Waals surface area contributed by atoms with E-state index >= 15 is 0 Å². The second-order valence-electron chi connectivity index (χ2n) is 4.24. The molecule has 100 valence electrons. The fourth-order valence-electron chi connectivity index (χ4n) is 1.40. The molecule has 1 N–H and O–H groups in total. The van der Waals surface area contributed by atoms with Gasteiger partial charge in [-0.3, -0.25) is 4.79 Å². The van der Waals surface area contributed by atoms with Gasteiger partial charge in [-0.2, -0.15) is 0 Å². The Bertz CT molecular complexity index is 571. The third-order valence-corrected chi connectivity index (χ3v) is 3.32. The molecule has 19 heavy (non-hydrogen) atoms. The summed E-state index contributed by atoms with van der Waals surface area (Å²) in [6.45, 7) is 4.28. The summed E-state index contributed by atoms with van der Waals surface area (Å²) in [7, 11) is 0. The number of hydrogen-bond donors (Lipinski definition) is 1. The Balaban J connectivity index is 2.11. The summed E-state index contributed by atoms with van der Waals surface area (Å²) >= 11 is 7.44. The standard InChI is InChI=1S/C12H13ClN4OS/c1-7(2)11-14-4-9(13)10(17-11)12(18)15-3-8-5-19-6-16-8/h4-7H,3H2,1-2H3,(H,15,18). The van der Waals surface area contributed by atoms with Crippen molar-refractivity contribution in [2.75, 3.05) is 0 Å². The largest absolute Gasteiger partial charge is 0.345 e. The van der Waals surface area contributed by atoms with E-state index in [9.17, 15) is 4.79 Å². The van der Waals surface area contributed by atoms with Crippen LogP contribution in [0.3, 0.4) is 0 Å². The van der Waals surface area contributed by atoms with E-state index in [1.807, 2.05) is 19.2 Å². The molecule has 2 aromatic rings. The van der Waals surface area contributed by atoms with E-state index < -0.39 is 0 Å². The molecule has 0 spiro atoms. The Labute approximate surface area is 120 Å². The van der Waals surface area contributed by atoms with Crippen LogP contribution < -0.4 is 5.32 Å². The maximum Gasteiger partial charge on any atom is 0.271 e. The maximum absolute atomic E-state index is 12.0. The smallest absolute Gasteiger partial charge is 0.271 e. The van der Waals surface area contributed by atoms with Crippen molar-refractivity contribution in [3.63, 3.8) is 0 Å². The van der Waals surface area contributed by atoms with Crippen molar-refractivity contribution in [3.05, 3.63) is 39.3 Å². The van der Waals surface area contributed by atoms with E-state index in [0.717, 1.165) is 5.69 Å². The molecule has 0 atom stereocenters. The van der Waals surface area contributed by atoms with Gasteiger partial charge in [0.25, 0.3) is 5.91 Å². The highest BCUT2D eigenvalue weighted by molar-refractivity contribution is 7.07. The fraction of sp³-hybridized carbons (Fsp3) is 0.333. The molecule has 0 saturated carbocycles. The van der Waals surface area contributed by atoms with Crippen molar-refractivity contribution in [1.82, 2.24) is 20.3 Å². The van der Waals surface area contributed by atoms with E-state index in [4.69, 9.17) is 11.6 Å². The van der Waals surface area contributed by atoms with Gasteiger partial charge in [0, 0.05) is 11.3 Å². The lowest BCUT2D eigenvalue weighted by Gasteiger charge is -2.08. The van der Waals surface area contributed by atoms with Crippen molar-refractivity contribution in [1.29, 1.82) is 0 Å². The van der Waals surface area contributed by atoms with Gasteiger partial charge in [-0.05, 0) is 0 Å². The maximum atomic E-state index is 12.0. The molecule has 0 radical (unpaired) electrons. The van der Waals surface area contributed by atoms with Crippen molar-refractivity contribution < 1.29 is 4.79 Å². The average molecular weight is 297 g/mol. The van der Waals surface area contributed by atoms with Crippen LogP contribution in [0, 0.1) is 0 Å². The van der Waals surface area contributed by atoms with Gasteiger partial charge in [-0.15, -0.1) is 11.3 Å². The summed E-state index contributed by atoms with van der Waals surface area (Å²) in [6.07, 6.45) is 1.46. The number of carbonyl (C=O) groups excluding carboxylic acids is 1. The Hall–Kier alpha value is -1.53.